The Morgan fingerprint density at radius 2 is 1.84 bits per heavy atom. The van der Waals surface area contributed by atoms with Crippen molar-refractivity contribution in [1.29, 1.82) is 0 Å². The Morgan fingerprint density at radius 3 is 2.47 bits per heavy atom. The van der Waals surface area contributed by atoms with Crippen LogP contribution < -0.4 is 29.1 Å². The third-order valence-corrected chi connectivity index (χ3v) is 7.19. The summed E-state index contributed by atoms with van der Waals surface area (Å²) in [6.45, 7) is 5.47. The number of esters is 1. The van der Waals surface area contributed by atoms with Crippen molar-refractivity contribution in [3.63, 3.8) is 0 Å². The summed E-state index contributed by atoms with van der Waals surface area (Å²) in [5.74, 6) is 0.473. The highest BCUT2D eigenvalue weighted by atomic mass is 35.5. The third-order valence-electron chi connectivity index (χ3n) is 5.88. The normalized spacial score (nSPS) is 15.3. The first-order chi connectivity index (χ1) is 18.1. The number of rotatable bonds is 7. The maximum absolute atomic E-state index is 13.8. The lowest BCUT2D eigenvalue weighted by molar-refractivity contribution is -0.136. The number of aromatic hydroxyl groups is 1. The number of aromatic nitrogens is 1. The fraction of sp³-hybridized carbons (Fsp3) is 0.296. The molecule has 0 aliphatic carbocycles. The molecule has 1 aliphatic rings. The van der Waals surface area contributed by atoms with Gasteiger partial charge < -0.3 is 24.1 Å². The van der Waals surface area contributed by atoms with Gasteiger partial charge in [0.05, 0.1) is 54.3 Å². The van der Waals surface area contributed by atoms with Crippen molar-refractivity contribution in [2.24, 2.45) is 4.99 Å². The molecule has 200 valence electrons. The Bertz CT molecular complexity index is 1620. The van der Waals surface area contributed by atoms with Gasteiger partial charge in [0.1, 0.15) is 0 Å². The number of benzene rings is 2. The number of phenols is 1. The predicted molar refractivity (Wildman–Crippen MR) is 144 cm³/mol. The second-order valence-electron chi connectivity index (χ2n) is 8.70. The Balaban J connectivity index is 1.95. The molecule has 0 bridgehead atoms. The SMILES string of the molecule is COC(=O)C1=C(C)N=c2sc(=Cc3cc(OC)c(OC(C)C)cc3Cl)c(=O)n2C1c1ccc(O)c(OC)c1. The number of methoxy groups -OCH3 is 3. The van der Waals surface area contributed by atoms with E-state index in [1.165, 1.54) is 32.0 Å². The molecular formula is C27H27ClN2O7S. The molecule has 9 nitrogen and oxygen atoms in total. The fourth-order valence-electron chi connectivity index (χ4n) is 4.18. The van der Waals surface area contributed by atoms with Crippen molar-refractivity contribution in [1.82, 2.24) is 4.57 Å². The minimum absolute atomic E-state index is 0.0718. The zero-order valence-electron chi connectivity index (χ0n) is 21.7. The Labute approximate surface area is 227 Å². The van der Waals surface area contributed by atoms with E-state index in [-0.39, 0.29) is 28.7 Å². The molecule has 38 heavy (non-hydrogen) atoms. The van der Waals surface area contributed by atoms with Crippen molar-refractivity contribution < 1.29 is 28.8 Å². The highest BCUT2D eigenvalue weighted by Gasteiger charge is 2.33. The van der Waals surface area contributed by atoms with Gasteiger partial charge in [-0.25, -0.2) is 9.79 Å². The van der Waals surface area contributed by atoms with E-state index in [2.05, 4.69) is 4.99 Å². The van der Waals surface area contributed by atoms with Crippen molar-refractivity contribution >= 4 is 35.0 Å². The summed E-state index contributed by atoms with van der Waals surface area (Å²) < 4.78 is 23.3. The number of carbonyl (C=O) groups excluding carboxylic acids is 1. The van der Waals surface area contributed by atoms with Gasteiger partial charge in [-0.15, -0.1) is 0 Å². The molecule has 2 heterocycles. The Hall–Kier alpha value is -3.76. The largest absolute Gasteiger partial charge is 0.504 e. The zero-order chi connectivity index (χ0) is 27.7. The van der Waals surface area contributed by atoms with Crippen LogP contribution in [0, 0.1) is 0 Å². The van der Waals surface area contributed by atoms with Gasteiger partial charge in [-0.2, -0.15) is 0 Å². The van der Waals surface area contributed by atoms with E-state index in [1.54, 1.807) is 37.3 Å². The number of thiazole rings is 1. The van der Waals surface area contributed by atoms with Crippen molar-refractivity contribution in [2.45, 2.75) is 32.9 Å². The quantitative estimate of drug-likeness (QED) is 0.442. The van der Waals surface area contributed by atoms with Crippen LogP contribution in [0.5, 0.6) is 23.0 Å². The summed E-state index contributed by atoms with van der Waals surface area (Å²) in [6.07, 6.45) is 1.57. The van der Waals surface area contributed by atoms with Gasteiger partial charge in [-0.1, -0.05) is 29.0 Å². The number of ether oxygens (including phenoxy) is 4. The van der Waals surface area contributed by atoms with E-state index in [0.717, 1.165) is 11.3 Å². The predicted octanol–water partition coefficient (Wildman–Crippen LogP) is 3.57. The van der Waals surface area contributed by atoms with E-state index in [1.807, 2.05) is 13.8 Å². The molecule has 0 amide bonds. The summed E-state index contributed by atoms with van der Waals surface area (Å²) >= 11 is 7.71. The van der Waals surface area contributed by atoms with Gasteiger partial charge in [0.2, 0.25) is 0 Å². The maximum Gasteiger partial charge on any atom is 0.338 e. The maximum atomic E-state index is 13.8. The summed E-state index contributed by atoms with van der Waals surface area (Å²) in [4.78, 5) is 31.6. The molecule has 0 radical (unpaired) electrons. The summed E-state index contributed by atoms with van der Waals surface area (Å²) in [5, 5.41) is 10.5. The molecule has 4 rings (SSSR count). The van der Waals surface area contributed by atoms with E-state index in [9.17, 15) is 14.7 Å². The molecule has 1 aromatic heterocycles. The highest BCUT2D eigenvalue weighted by molar-refractivity contribution is 7.07. The van der Waals surface area contributed by atoms with Crippen LogP contribution in [0.25, 0.3) is 6.08 Å². The number of nitrogens with zero attached hydrogens (tertiary/aromatic N) is 2. The second-order valence-corrected chi connectivity index (χ2v) is 10.1. The molecule has 0 spiro atoms. The molecule has 3 aromatic rings. The number of hydrogen-bond acceptors (Lipinski definition) is 9. The van der Waals surface area contributed by atoms with Crippen molar-refractivity contribution in [2.75, 3.05) is 21.3 Å². The van der Waals surface area contributed by atoms with E-state index in [4.69, 9.17) is 30.5 Å². The molecule has 11 heteroatoms. The molecular weight excluding hydrogens is 532 g/mol. The first-order valence-corrected chi connectivity index (χ1v) is 12.8. The van der Waals surface area contributed by atoms with Gasteiger partial charge in [0.15, 0.2) is 27.8 Å². The first-order valence-electron chi connectivity index (χ1n) is 11.6. The van der Waals surface area contributed by atoms with Crippen molar-refractivity contribution in [3.05, 3.63) is 77.4 Å². The first kappa shape index (κ1) is 27.3. The molecule has 0 saturated carbocycles. The topological polar surface area (TPSA) is 109 Å². The van der Waals surface area contributed by atoms with Crippen LogP contribution in [0.3, 0.4) is 0 Å². The van der Waals surface area contributed by atoms with Gasteiger partial charge in [0.25, 0.3) is 5.56 Å². The molecule has 1 unspecified atom stereocenters. The number of halogens is 1. The molecule has 2 aromatic carbocycles. The number of phenolic OH excluding ortho intramolecular Hbond substituents is 1. The van der Waals surface area contributed by atoms with Crippen LogP contribution in [0.2, 0.25) is 5.02 Å². The summed E-state index contributed by atoms with van der Waals surface area (Å²) in [6, 6.07) is 7.13. The molecule has 1 atom stereocenters. The molecule has 0 saturated heterocycles. The van der Waals surface area contributed by atoms with Crippen molar-refractivity contribution in [3.8, 4) is 23.0 Å². The zero-order valence-corrected chi connectivity index (χ0v) is 23.3. The lowest BCUT2D eigenvalue weighted by atomic mass is 9.95. The van der Waals surface area contributed by atoms with Crippen LogP contribution in [-0.2, 0) is 9.53 Å². The van der Waals surface area contributed by atoms with Crippen LogP contribution >= 0.6 is 22.9 Å². The Kier molecular flexibility index (Phi) is 7.84. The van der Waals surface area contributed by atoms with Gasteiger partial charge in [-0.05, 0) is 56.2 Å². The lowest BCUT2D eigenvalue weighted by Gasteiger charge is -2.24. The second kappa shape index (κ2) is 10.9. The van der Waals surface area contributed by atoms with Gasteiger partial charge >= 0.3 is 5.97 Å². The molecule has 0 fully saturated rings. The number of fused-ring (bicyclic) bond motifs is 1. The monoisotopic (exact) mass is 558 g/mol. The average molecular weight is 559 g/mol. The molecule has 1 aliphatic heterocycles. The van der Waals surface area contributed by atoms with E-state index < -0.39 is 12.0 Å². The van der Waals surface area contributed by atoms with Gasteiger partial charge in [0, 0.05) is 6.07 Å². The van der Waals surface area contributed by atoms with E-state index in [0.29, 0.717) is 42.7 Å². The number of hydrogen-bond donors (Lipinski definition) is 1. The summed E-state index contributed by atoms with van der Waals surface area (Å²) in [7, 11) is 4.21. The highest BCUT2D eigenvalue weighted by Crippen LogP contribution is 2.36. The average Bonchev–Trinajstić information content (AvgIpc) is 3.18. The third kappa shape index (κ3) is 5.01. The van der Waals surface area contributed by atoms with Crippen LogP contribution in [0.15, 0.2) is 51.4 Å². The fourth-order valence-corrected chi connectivity index (χ4v) is 5.43. The summed E-state index contributed by atoms with van der Waals surface area (Å²) in [5.41, 5.74) is 1.33. The lowest BCUT2D eigenvalue weighted by Crippen LogP contribution is -2.39. The van der Waals surface area contributed by atoms with Crippen LogP contribution in [0.1, 0.15) is 37.9 Å². The number of allylic oxidation sites excluding steroid dienone is 1. The van der Waals surface area contributed by atoms with Crippen LogP contribution in [0.4, 0.5) is 0 Å². The van der Waals surface area contributed by atoms with Crippen LogP contribution in [-0.4, -0.2) is 43.1 Å². The van der Waals surface area contributed by atoms with E-state index >= 15 is 0 Å². The van der Waals surface area contributed by atoms with Gasteiger partial charge in [-0.3, -0.25) is 9.36 Å². The smallest absolute Gasteiger partial charge is 0.338 e. The Morgan fingerprint density at radius 1 is 1.13 bits per heavy atom. The number of carbonyl (C=O) groups is 1. The minimum Gasteiger partial charge on any atom is -0.504 e. The minimum atomic E-state index is -0.859. The molecule has 1 N–H and O–H groups in total. The standard InChI is InChI=1S/C27H27ClN2O7S/c1-13(2)37-21-12-17(28)16(10-20(21)35-5)11-22-25(32)30-24(15-7-8-18(31)19(9-15)34-4)23(26(33)36-6)14(3)29-27(30)38-22/h7-13,24,31H,1-6H3.